The van der Waals surface area contributed by atoms with E-state index >= 15 is 0 Å². The summed E-state index contributed by atoms with van der Waals surface area (Å²) in [7, 11) is 0. The van der Waals surface area contributed by atoms with Crippen molar-refractivity contribution in [2.24, 2.45) is 52.8 Å². The van der Waals surface area contributed by atoms with Crippen molar-refractivity contribution in [3.8, 4) is 5.75 Å². The molecule has 11 atom stereocenters. The molecule has 4 bridgehead atoms. The molecule has 5 heteroatoms. The molecule has 6 aliphatic rings. The molecule has 3 aliphatic heterocycles. The average molecular weight is 490 g/mol. The molecule has 1 aromatic rings. The predicted octanol–water partition coefficient (Wildman–Crippen LogP) is 4.70. The van der Waals surface area contributed by atoms with E-state index in [1.165, 1.54) is 5.57 Å². The molecule has 0 radical (unpaired) electrons. The first-order chi connectivity index (χ1) is 17.0. The Hall–Kier alpha value is -2.40. The second-order valence-electron chi connectivity index (χ2n) is 12.9. The zero-order valence-corrected chi connectivity index (χ0v) is 21.9. The SMILES string of the molecule is C=C[C@@H]1C=C(C)[C@@H]2[C@@H]3[C@H](Oc4ccc(cc4)C[C@@]4(O)C[C@@H](C(=O)N4)C(=O)[C@H]13)[C@@H]1[C@H](C)C[C@H](C)C[C@]12C. The highest BCUT2D eigenvalue weighted by atomic mass is 16.5. The number of hydrogen-bond donors (Lipinski definition) is 2. The lowest BCUT2D eigenvalue weighted by Gasteiger charge is -2.48. The number of benzene rings is 1. The van der Waals surface area contributed by atoms with Gasteiger partial charge in [0.05, 0.1) is 0 Å². The summed E-state index contributed by atoms with van der Waals surface area (Å²) in [6.45, 7) is 13.5. The van der Waals surface area contributed by atoms with E-state index in [0.717, 1.165) is 24.2 Å². The topological polar surface area (TPSA) is 75.6 Å². The Balaban J connectivity index is 1.56. The van der Waals surface area contributed by atoms with Crippen LogP contribution >= 0.6 is 0 Å². The van der Waals surface area contributed by atoms with Crippen LogP contribution in [0.5, 0.6) is 5.75 Å². The van der Waals surface area contributed by atoms with Crippen LogP contribution in [0.4, 0.5) is 0 Å². The maximum atomic E-state index is 14.4. The molecule has 1 aromatic carbocycles. The molecule has 0 spiro atoms. The van der Waals surface area contributed by atoms with Gasteiger partial charge in [0, 0.05) is 36.5 Å². The number of Topliss-reactive ketones (excluding diaryl/α,β-unsaturated/α-hetero) is 1. The Morgan fingerprint density at radius 2 is 1.89 bits per heavy atom. The van der Waals surface area contributed by atoms with E-state index in [0.29, 0.717) is 17.8 Å². The molecule has 1 amide bonds. The predicted molar refractivity (Wildman–Crippen MR) is 138 cm³/mol. The lowest BCUT2D eigenvalue weighted by atomic mass is 9.55. The van der Waals surface area contributed by atoms with Gasteiger partial charge in [-0.3, -0.25) is 9.59 Å². The van der Waals surface area contributed by atoms with E-state index in [4.69, 9.17) is 4.74 Å². The normalized spacial score (nSPS) is 47.4. The quantitative estimate of drug-likeness (QED) is 0.443. The number of carbonyl (C=O) groups excluding carboxylic acids is 2. The summed E-state index contributed by atoms with van der Waals surface area (Å²) < 4.78 is 6.93. The summed E-state index contributed by atoms with van der Waals surface area (Å²) in [4.78, 5) is 27.5. The number of aliphatic hydroxyl groups is 1. The van der Waals surface area contributed by atoms with Crippen LogP contribution < -0.4 is 10.1 Å². The van der Waals surface area contributed by atoms with E-state index in [2.05, 4.69) is 45.7 Å². The van der Waals surface area contributed by atoms with Gasteiger partial charge in [0.1, 0.15) is 29.3 Å². The molecule has 2 N–H and O–H groups in total. The van der Waals surface area contributed by atoms with Crippen molar-refractivity contribution in [1.82, 2.24) is 5.32 Å². The lowest BCUT2D eigenvalue weighted by molar-refractivity contribution is -0.137. The van der Waals surface area contributed by atoms with Gasteiger partial charge in [0.15, 0.2) is 0 Å². The fourth-order valence-corrected chi connectivity index (χ4v) is 9.61. The second kappa shape index (κ2) is 8.05. The highest BCUT2D eigenvalue weighted by Crippen LogP contribution is 2.67. The highest BCUT2D eigenvalue weighted by molar-refractivity contribution is 6.04. The molecule has 3 aliphatic carbocycles. The van der Waals surface area contributed by atoms with Crippen molar-refractivity contribution < 1.29 is 19.4 Å². The van der Waals surface area contributed by atoms with Gasteiger partial charge >= 0.3 is 0 Å². The van der Waals surface area contributed by atoms with Crippen LogP contribution in [0.3, 0.4) is 0 Å². The first-order valence-electron chi connectivity index (χ1n) is 13.7. The maximum absolute atomic E-state index is 14.4. The number of rotatable bonds is 1. The lowest BCUT2D eigenvalue weighted by Crippen LogP contribution is -2.46. The van der Waals surface area contributed by atoms with Crippen molar-refractivity contribution in [2.45, 2.75) is 65.2 Å². The third-order valence-corrected chi connectivity index (χ3v) is 10.4. The molecule has 3 heterocycles. The van der Waals surface area contributed by atoms with Crippen LogP contribution in [0.1, 0.15) is 52.5 Å². The van der Waals surface area contributed by atoms with Crippen LogP contribution in [-0.2, 0) is 16.0 Å². The Labute approximate surface area is 214 Å². The van der Waals surface area contributed by atoms with Gasteiger partial charge in [-0.05, 0) is 60.6 Å². The number of amides is 1. The van der Waals surface area contributed by atoms with Crippen LogP contribution in [0.25, 0.3) is 0 Å². The van der Waals surface area contributed by atoms with Gasteiger partial charge in [-0.25, -0.2) is 0 Å². The Morgan fingerprint density at radius 3 is 2.58 bits per heavy atom. The molecular formula is C31H39NO4. The van der Waals surface area contributed by atoms with Crippen molar-refractivity contribution in [3.63, 3.8) is 0 Å². The summed E-state index contributed by atoms with van der Waals surface area (Å²) in [6.07, 6.45) is 6.62. The Morgan fingerprint density at radius 1 is 1.17 bits per heavy atom. The van der Waals surface area contributed by atoms with Crippen LogP contribution in [0.2, 0.25) is 0 Å². The van der Waals surface area contributed by atoms with E-state index in [1.54, 1.807) is 0 Å². The second-order valence-corrected chi connectivity index (χ2v) is 12.9. The molecule has 3 fully saturated rings. The van der Waals surface area contributed by atoms with Gasteiger partial charge < -0.3 is 15.2 Å². The third-order valence-electron chi connectivity index (χ3n) is 10.4. The molecule has 36 heavy (non-hydrogen) atoms. The van der Waals surface area contributed by atoms with E-state index in [9.17, 15) is 14.7 Å². The largest absolute Gasteiger partial charge is 0.490 e. The fraction of sp³-hybridized carbons (Fsp3) is 0.613. The molecule has 0 unspecified atom stereocenters. The van der Waals surface area contributed by atoms with Gasteiger partial charge in [0.2, 0.25) is 5.91 Å². The molecule has 5 nitrogen and oxygen atoms in total. The number of carbonyl (C=O) groups is 2. The average Bonchev–Trinajstić information content (AvgIpc) is 3.24. The zero-order chi connectivity index (χ0) is 25.6. The standard InChI is InChI=1S/C31H39NO4/c1-6-20-12-18(4)25-24-23(20)27(33)22-15-31(35,32-29(22)34)14-19-7-9-21(10-8-19)36-28(24)26-17(3)11-16(2)13-30(25,26)5/h6-10,12,16-17,20,22-26,28,35H,1,11,13-15H2,2-5H3,(H,32,34)/t16-,17+,20+,22+,23+,24+,25+,26-,28-,30-,31+/m0/s1. The van der Waals surface area contributed by atoms with Crippen molar-refractivity contribution in [3.05, 3.63) is 54.1 Å². The first kappa shape index (κ1) is 24.0. The number of allylic oxidation sites excluding steroid dienone is 3. The maximum Gasteiger partial charge on any atom is 0.232 e. The van der Waals surface area contributed by atoms with E-state index < -0.39 is 17.6 Å². The van der Waals surface area contributed by atoms with Gasteiger partial charge in [-0.15, -0.1) is 6.58 Å². The number of ether oxygens (including phenoxy) is 1. The summed E-state index contributed by atoms with van der Waals surface area (Å²) in [5.74, 6) is 0.520. The minimum Gasteiger partial charge on any atom is -0.490 e. The molecule has 2 saturated carbocycles. The summed E-state index contributed by atoms with van der Waals surface area (Å²) in [5.41, 5.74) is 0.815. The first-order valence-corrected chi connectivity index (χ1v) is 13.7. The fourth-order valence-electron chi connectivity index (χ4n) is 9.61. The van der Waals surface area contributed by atoms with Gasteiger partial charge in [-0.2, -0.15) is 0 Å². The van der Waals surface area contributed by atoms with Crippen molar-refractivity contribution in [1.29, 1.82) is 0 Å². The van der Waals surface area contributed by atoms with E-state index in [-0.39, 0.29) is 53.8 Å². The molecule has 1 saturated heterocycles. The van der Waals surface area contributed by atoms with Gasteiger partial charge in [-0.1, -0.05) is 50.6 Å². The third kappa shape index (κ3) is 3.38. The number of hydrogen-bond acceptors (Lipinski definition) is 4. The summed E-state index contributed by atoms with van der Waals surface area (Å²) in [5, 5.41) is 14.1. The minimum absolute atomic E-state index is 0.00729. The summed E-state index contributed by atoms with van der Waals surface area (Å²) in [6, 6.07) is 7.92. The van der Waals surface area contributed by atoms with Crippen molar-refractivity contribution >= 4 is 11.7 Å². The van der Waals surface area contributed by atoms with Crippen LogP contribution in [-0.4, -0.2) is 28.6 Å². The highest BCUT2D eigenvalue weighted by Gasteiger charge is 2.67. The van der Waals surface area contributed by atoms with Crippen molar-refractivity contribution in [2.75, 3.05) is 0 Å². The Kier molecular flexibility index (Phi) is 5.36. The molecule has 7 rings (SSSR count). The monoisotopic (exact) mass is 489 g/mol. The van der Waals surface area contributed by atoms with Crippen LogP contribution in [0, 0.1) is 52.8 Å². The zero-order valence-electron chi connectivity index (χ0n) is 21.9. The van der Waals surface area contributed by atoms with E-state index in [1.807, 2.05) is 30.3 Å². The number of ketones is 1. The molecule has 0 aromatic heterocycles. The smallest absolute Gasteiger partial charge is 0.232 e. The van der Waals surface area contributed by atoms with Gasteiger partial charge in [0.25, 0.3) is 0 Å². The minimum atomic E-state index is -1.42. The van der Waals surface area contributed by atoms with Crippen LogP contribution in [0.15, 0.2) is 48.6 Å². The Bertz CT molecular complexity index is 1140. The molecular weight excluding hydrogens is 450 g/mol. The summed E-state index contributed by atoms with van der Waals surface area (Å²) >= 11 is 0. The number of fused-ring (bicyclic) bond motifs is 4. The number of nitrogens with one attached hydrogen (secondary N) is 1. The molecule has 192 valence electrons.